The molecule has 104 valence electrons. The number of carboxylic acid groups (broad SMARTS) is 2. The summed E-state index contributed by atoms with van der Waals surface area (Å²) in [6.07, 6.45) is 0. The van der Waals surface area contributed by atoms with Gasteiger partial charge >= 0.3 is 30.8 Å². The van der Waals surface area contributed by atoms with Gasteiger partial charge in [-0.15, -0.1) is 0 Å². The van der Waals surface area contributed by atoms with Crippen LogP contribution in [0, 0.1) is 0 Å². The third-order valence-electron chi connectivity index (χ3n) is 3.18. The number of carboxylic acids is 2. The molecule has 0 saturated heterocycles. The molecular formula is C16H15LiO4. The van der Waals surface area contributed by atoms with Crippen molar-refractivity contribution < 1.29 is 40.1 Å². The Hall–Kier alpha value is -2.02. The third-order valence-corrected chi connectivity index (χ3v) is 3.18. The second kappa shape index (κ2) is 7.68. The summed E-state index contributed by atoms with van der Waals surface area (Å²) in [6.45, 7) is 0. The van der Waals surface area contributed by atoms with Crippen LogP contribution in [0.3, 0.4) is 0 Å². The zero-order valence-electron chi connectivity index (χ0n) is 12.6. The molecule has 0 aliphatic heterocycles. The molecule has 2 N–H and O–H groups in total. The van der Waals surface area contributed by atoms with E-state index in [1.165, 1.54) is 0 Å². The van der Waals surface area contributed by atoms with Crippen LogP contribution in [-0.4, -0.2) is 22.2 Å². The molecule has 0 fully saturated rings. The molecule has 0 amide bonds. The Kier molecular flexibility index (Phi) is 6.23. The number of carbonyl (C=O) groups is 2. The van der Waals surface area contributed by atoms with E-state index in [4.69, 9.17) is 0 Å². The van der Waals surface area contributed by atoms with Crippen LogP contribution in [0.15, 0.2) is 60.7 Å². The van der Waals surface area contributed by atoms with E-state index in [0.29, 0.717) is 11.1 Å². The molecule has 2 aromatic rings. The van der Waals surface area contributed by atoms with E-state index in [1.54, 1.807) is 60.7 Å². The minimum Gasteiger partial charge on any atom is -1.00 e. The molecule has 0 radical (unpaired) electrons. The predicted octanol–water partition coefficient (Wildman–Crippen LogP) is -0.160. The van der Waals surface area contributed by atoms with Gasteiger partial charge in [0.25, 0.3) is 0 Å². The molecule has 2 atom stereocenters. The summed E-state index contributed by atoms with van der Waals surface area (Å²) in [5.74, 6) is -4.52. The Morgan fingerprint density at radius 2 is 1.00 bits per heavy atom. The van der Waals surface area contributed by atoms with Gasteiger partial charge in [-0.05, 0) is 11.1 Å². The van der Waals surface area contributed by atoms with Gasteiger partial charge in [-0.1, -0.05) is 60.7 Å². The largest absolute Gasteiger partial charge is 1.00 e. The number of rotatable bonds is 5. The second-order valence-corrected chi connectivity index (χ2v) is 4.45. The van der Waals surface area contributed by atoms with Gasteiger partial charge in [0.05, 0.1) is 11.8 Å². The van der Waals surface area contributed by atoms with Crippen molar-refractivity contribution in [2.24, 2.45) is 0 Å². The molecular weight excluding hydrogens is 263 g/mol. The predicted molar refractivity (Wildman–Crippen MR) is 74.7 cm³/mol. The van der Waals surface area contributed by atoms with Gasteiger partial charge in [-0.25, -0.2) is 0 Å². The van der Waals surface area contributed by atoms with Crippen LogP contribution in [0.25, 0.3) is 0 Å². The standard InChI is InChI=1S/C16H14O4.Li.H/c17-15(18)13(11-7-3-1-4-8-11)14(16(19)20)12-9-5-2-6-10-12;;/h1-10,13-14H,(H,17,18)(H,19,20);;/q;+1;-1. The first-order valence-electron chi connectivity index (χ1n) is 6.16. The average Bonchev–Trinajstić information content (AvgIpc) is 2.45. The van der Waals surface area contributed by atoms with Crippen molar-refractivity contribution in [2.75, 3.05) is 0 Å². The first-order chi connectivity index (χ1) is 9.61. The fraction of sp³-hybridized carbons (Fsp3) is 0.125. The van der Waals surface area contributed by atoms with Crippen LogP contribution in [0.1, 0.15) is 24.4 Å². The summed E-state index contributed by atoms with van der Waals surface area (Å²) < 4.78 is 0. The van der Waals surface area contributed by atoms with Gasteiger partial charge in [-0.3, -0.25) is 9.59 Å². The van der Waals surface area contributed by atoms with Crippen molar-refractivity contribution in [3.63, 3.8) is 0 Å². The third kappa shape index (κ3) is 3.98. The van der Waals surface area contributed by atoms with Gasteiger partial charge in [0.2, 0.25) is 0 Å². The van der Waals surface area contributed by atoms with Gasteiger partial charge in [-0.2, -0.15) is 0 Å². The van der Waals surface area contributed by atoms with E-state index in [0.717, 1.165) is 0 Å². The SMILES string of the molecule is O=C(O)C(c1ccccc1)C(C(=O)O)c1ccccc1.[H-].[Li+]. The maximum atomic E-state index is 11.6. The minimum atomic E-state index is -1.15. The first-order valence-corrected chi connectivity index (χ1v) is 6.16. The van der Waals surface area contributed by atoms with Crippen LogP contribution in [0.5, 0.6) is 0 Å². The second-order valence-electron chi connectivity index (χ2n) is 4.45. The molecule has 0 saturated carbocycles. The smallest absolute Gasteiger partial charge is 1.00 e. The van der Waals surface area contributed by atoms with Crippen LogP contribution in [0.2, 0.25) is 0 Å². The minimum absolute atomic E-state index is 0. The van der Waals surface area contributed by atoms with Gasteiger partial charge in [0.1, 0.15) is 0 Å². The summed E-state index contributed by atoms with van der Waals surface area (Å²) >= 11 is 0. The molecule has 0 heterocycles. The molecule has 2 aromatic carbocycles. The van der Waals surface area contributed by atoms with Gasteiger partial charge in [0.15, 0.2) is 0 Å². The van der Waals surface area contributed by atoms with Crippen LogP contribution in [0.4, 0.5) is 0 Å². The van der Waals surface area contributed by atoms with Crippen LogP contribution >= 0.6 is 0 Å². The molecule has 2 rings (SSSR count). The number of benzene rings is 2. The van der Waals surface area contributed by atoms with Crippen LogP contribution < -0.4 is 18.9 Å². The number of hydrogen-bond donors (Lipinski definition) is 2. The fourth-order valence-corrected chi connectivity index (χ4v) is 2.28. The Morgan fingerprint density at radius 1 is 0.714 bits per heavy atom. The van der Waals surface area contributed by atoms with E-state index >= 15 is 0 Å². The zero-order chi connectivity index (χ0) is 14.5. The van der Waals surface area contributed by atoms with E-state index in [9.17, 15) is 19.8 Å². The summed E-state index contributed by atoms with van der Waals surface area (Å²) in [5.41, 5.74) is 0.965. The Balaban J connectivity index is 0.00000220. The van der Waals surface area contributed by atoms with Crippen LogP contribution in [-0.2, 0) is 9.59 Å². The molecule has 0 spiro atoms. The van der Waals surface area contributed by atoms with Gasteiger partial charge in [0, 0.05) is 0 Å². The maximum absolute atomic E-state index is 11.6. The molecule has 0 aromatic heterocycles. The molecule has 0 bridgehead atoms. The van der Waals surface area contributed by atoms with E-state index in [-0.39, 0.29) is 20.3 Å². The number of hydrogen-bond acceptors (Lipinski definition) is 2. The van der Waals surface area contributed by atoms with Crippen molar-refractivity contribution >= 4 is 11.9 Å². The fourth-order valence-electron chi connectivity index (χ4n) is 2.28. The Bertz CT molecular complexity index is 549. The van der Waals surface area contributed by atoms with Crippen molar-refractivity contribution in [3.8, 4) is 0 Å². The first kappa shape index (κ1) is 17.0. The average molecular weight is 278 g/mol. The molecule has 0 aliphatic rings. The van der Waals surface area contributed by atoms with Crippen molar-refractivity contribution in [1.29, 1.82) is 0 Å². The van der Waals surface area contributed by atoms with Crippen molar-refractivity contribution in [1.82, 2.24) is 0 Å². The van der Waals surface area contributed by atoms with Crippen molar-refractivity contribution in [2.45, 2.75) is 11.8 Å². The summed E-state index contributed by atoms with van der Waals surface area (Å²) in [4.78, 5) is 23.1. The molecule has 4 nitrogen and oxygen atoms in total. The molecule has 21 heavy (non-hydrogen) atoms. The van der Waals surface area contributed by atoms with E-state index in [2.05, 4.69) is 0 Å². The normalized spacial score (nSPS) is 12.8. The molecule has 5 heteroatoms. The topological polar surface area (TPSA) is 74.6 Å². The number of aliphatic carboxylic acids is 2. The Morgan fingerprint density at radius 3 is 1.24 bits per heavy atom. The van der Waals surface area contributed by atoms with Crippen molar-refractivity contribution in [3.05, 3.63) is 71.8 Å². The van der Waals surface area contributed by atoms with E-state index < -0.39 is 23.8 Å². The van der Waals surface area contributed by atoms with E-state index in [1.807, 2.05) is 0 Å². The molecule has 0 aliphatic carbocycles. The molecule has 2 unspecified atom stereocenters. The Labute approximate surface area is 136 Å². The maximum Gasteiger partial charge on any atom is 1.00 e. The quantitative estimate of drug-likeness (QED) is 0.745. The van der Waals surface area contributed by atoms with Gasteiger partial charge < -0.3 is 11.6 Å². The summed E-state index contributed by atoms with van der Waals surface area (Å²) in [6, 6.07) is 16.9. The summed E-state index contributed by atoms with van der Waals surface area (Å²) in [7, 11) is 0. The summed E-state index contributed by atoms with van der Waals surface area (Å²) in [5, 5.41) is 18.9. The zero-order valence-corrected chi connectivity index (χ0v) is 11.6. The monoisotopic (exact) mass is 278 g/mol.